The van der Waals surface area contributed by atoms with Crippen LogP contribution in [0.25, 0.3) is 0 Å². The molecule has 0 aliphatic heterocycles. The molecule has 0 fully saturated rings. The number of hydrogen-bond donors (Lipinski definition) is 0. The van der Waals surface area contributed by atoms with Gasteiger partial charge in [-0.2, -0.15) is 0 Å². The molecule has 0 N–H and O–H groups in total. The van der Waals surface area contributed by atoms with Gasteiger partial charge in [-0.25, -0.2) is 0 Å². The third-order valence-corrected chi connectivity index (χ3v) is 9.01. The first-order valence-corrected chi connectivity index (χ1v) is 12.6. The fourth-order valence-electron chi connectivity index (χ4n) is 3.21. The molecule has 0 aliphatic carbocycles. The van der Waals surface area contributed by atoms with Crippen LogP contribution in [-0.2, 0) is 0 Å². The predicted octanol–water partition coefficient (Wildman–Crippen LogP) is 7.87. The van der Waals surface area contributed by atoms with Crippen molar-refractivity contribution >= 4 is 7.26 Å². The maximum Gasteiger partial charge on any atom is 0.0591 e. The van der Waals surface area contributed by atoms with Gasteiger partial charge in [-0.15, -0.1) is 19.7 Å². The van der Waals surface area contributed by atoms with Crippen molar-refractivity contribution in [2.75, 3.05) is 25.2 Å². The summed E-state index contributed by atoms with van der Waals surface area (Å²) in [7, 11) is -0.693. The van der Waals surface area contributed by atoms with Crippen LogP contribution in [0.3, 0.4) is 0 Å². The molecule has 134 valence electrons. The lowest BCUT2D eigenvalue weighted by Gasteiger charge is -2.23. The fourth-order valence-corrected chi connectivity index (χ4v) is 6.84. The van der Waals surface area contributed by atoms with E-state index in [1.165, 1.54) is 95.5 Å². The number of hydrogen-bond acceptors (Lipinski definition) is 0. The van der Waals surface area contributed by atoms with Crippen molar-refractivity contribution in [2.45, 2.75) is 77.0 Å². The van der Waals surface area contributed by atoms with E-state index in [9.17, 15) is 0 Å². The average molecular weight is 338 g/mol. The molecule has 0 aromatic rings. The smallest absolute Gasteiger partial charge is 0.0591 e. The molecule has 1 heteroatoms. The molecule has 0 nitrogen and oxygen atoms in total. The summed E-state index contributed by atoms with van der Waals surface area (Å²) in [5, 5.41) is 0. The summed E-state index contributed by atoms with van der Waals surface area (Å²) in [4.78, 5) is 0. The van der Waals surface area contributed by atoms with Gasteiger partial charge in [0.05, 0.1) is 18.5 Å². The maximum atomic E-state index is 3.83. The zero-order valence-electron chi connectivity index (χ0n) is 15.9. The van der Waals surface area contributed by atoms with E-state index in [1.54, 1.807) is 0 Å². The molecular formula is C22H42P+. The van der Waals surface area contributed by atoms with E-state index in [-0.39, 0.29) is 0 Å². The Labute approximate surface area is 147 Å². The number of allylic oxidation sites excluding steroid dienone is 3. The average Bonchev–Trinajstić information content (AvgIpc) is 2.54. The van der Waals surface area contributed by atoms with Crippen LogP contribution in [0.1, 0.15) is 77.0 Å². The molecule has 0 bridgehead atoms. The molecule has 0 rings (SSSR count). The van der Waals surface area contributed by atoms with Gasteiger partial charge in [-0.05, 0) is 77.0 Å². The number of unbranched alkanes of at least 4 members (excludes halogenated alkanes) is 9. The SMILES string of the molecule is C=CCCCCC[P+](C)(CCCCCC=C)CCCCCC=C. The molecule has 0 saturated heterocycles. The van der Waals surface area contributed by atoms with Crippen molar-refractivity contribution in [2.24, 2.45) is 0 Å². The summed E-state index contributed by atoms with van der Waals surface area (Å²) < 4.78 is 0. The van der Waals surface area contributed by atoms with E-state index < -0.39 is 7.26 Å². The highest BCUT2D eigenvalue weighted by atomic mass is 31.2. The summed E-state index contributed by atoms with van der Waals surface area (Å²) in [6.07, 6.45) is 26.9. The van der Waals surface area contributed by atoms with Gasteiger partial charge in [0, 0.05) is 13.9 Å². The molecule has 0 aromatic carbocycles. The topological polar surface area (TPSA) is 0 Å². The van der Waals surface area contributed by atoms with Gasteiger partial charge in [-0.3, -0.25) is 0 Å². The predicted molar refractivity (Wildman–Crippen MR) is 113 cm³/mol. The first-order chi connectivity index (χ1) is 11.2. The Bertz CT molecular complexity index is 247. The van der Waals surface area contributed by atoms with Crippen LogP contribution < -0.4 is 0 Å². The van der Waals surface area contributed by atoms with E-state index in [0.29, 0.717) is 0 Å². The largest absolute Gasteiger partial charge is 0.103 e. The summed E-state index contributed by atoms with van der Waals surface area (Å²) in [6.45, 7) is 14.1. The summed E-state index contributed by atoms with van der Waals surface area (Å²) in [5.74, 6) is 0. The highest BCUT2D eigenvalue weighted by Gasteiger charge is 2.29. The molecule has 0 saturated carbocycles. The van der Waals surface area contributed by atoms with Gasteiger partial charge in [0.1, 0.15) is 0 Å². The molecule has 0 aromatic heterocycles. The normalized spacial score (nSPS) is 11.3. The summed E-state index contributed by atoms with van der Waals surface area (Å²) in [6, 6.07) is 0. The molecular weight excluding hydrogens is 295 g/mol. The number of rotatable bonds is 18. The Morgan fingerprint density at radius 2 is 0.826 bits per heavy atom. The first kappa shape index (κ1) is 22.6. The van der Waals surface area contributed by atoms with E-state index in [2.05, 4.69) is 44.6 Å². The van der Waals surface area contributed by atoms with Crippen molar-refractivity contribution in [1.29, 1.82) is 0 Å². The Hall–Kier alpha value is -0.350. The van der Waals surface area contributed by atoms with Gasteiger partial charge in [0.2, 0.25) is 0 Å². The molecule has 0 heterocycles. The monoisotopic (exact) mass is 337 g/mol. The molecule has 0 aliphatic rings. The van der Waals surface area contributed by atoms with Crippen LogP contribution >= 0.6 is 7.26 Å². The van der Waals surface area contributed by atoms with Crippen LogP contribution in [-0.4, -0.2) is 25.2 Å². The van der Waals surface area contributed by atoms with Crippen molar-refractivity contribution in [3.05, 3.63) is 38.0 Å². The van der Waals surface area contributed by atoms with E-state index in [4.69, 9.17) is 0 Å². The van der Waals surface area contributed by atoms with Crippen molar-refractivity contribution in [3.8, 4) is 0 Å². The fraction of sp³-hybridized carbons (Fsp3) is 0.727. The minimum absolute atomic E-state index is 0.693. The van der Waals surface area contributed by atoms with Crippen LogP contribution in [0.4, 0.5) is 0 Å². The third-order valence-electron chi connectivity index (χ3n) is 4.82. The van der Waals surface area contributed by atoms with Crippen molar-refractivity contribution < 1.29 is 0 Å². The van der Waals surface area contributed by atoms with Crippen molar-refractivity contribution in [1.82, 2.24) is 0 Å². The lowest BCUT2D eigenvalue weighted by molar-refractivity contribution is 0.708. The quantitative estimate of drug-likeness (QED) is 0.136. The van der Waals surface area contributed by atoms with E-state index in [0.717, 1.165) is 0 Å². The molecule has 0 unspecified atom stereocenters. The second kappa shape index (κ2) is 16.5. The summed E-state index contributed by atoms with van der Waals surface area (Å²) in [5.41, 5.74) is 0. The molecule has 0 atom stereocenters. The summed E-state index contributed by atoms with van der Waals surface area (Å²) >= 11 is 0. The molecule has 0 radical (unpaired) electrons. The molecule has 0 amide bonds. The van der Waals surface area contributed by atoms with Gasteiger partial charge >= 0.3 is 0 Å². The Morgan fingerprint density at radius 1 is 0.522 bits per heavy atom. The highest BCUT2D eigenvalue weighted by Crippen LogP contribution is 2.57. The molecule has 23 heavy (non-hydrogen) atoms. The van der Waals surface area contributed by atoms with Crippen LogP contribution in [0, 0.1) is 0 Å². The van der Waals surface area contributed by atoms with Gasteiger partial charge in [0.25, 0.3) is 0 Å². The Balaban J connectivity index is 4.07. The second-order valence-electron chi connectivity index (χ2n) is 7.20. The third kappa shape index (κ3) is 14.9. The van der Waals surface area contributed by atoms with Crippen LogP contribution in [0.15, 0.2) is 38.0 Å². The standard InChI is InChI=1S/C22H42P/c1-5-8-11-14-17-20-23(4,21-18-15-12-9-6-2)22-19-16-13-10-7-3/h5-7H,1-3,8-22H2,4H3/q+1. The van der Waals surface area contributed by atoms with Crippen molar-refractivity contribution in [3.63, 3.8) is 0 Å². The highest BCUT2D eigenvalue weighted by molar-refractivity contribution is 7.75. The van der Waals surface area contributed by atoms with Crippen LogP contribution in [0.5, 0.6) is 0 Å². The van der Waals surface area contributed by atoms with Gasteiger partial charge in [0.15, 0.2) is 0 Å². The minimum atomic E-state index is -0.693. The van der Waals surface area contributed by atoms with E-state index in [1.807, 2.05) is 0 Å². The zero-order valence-corrected chi connectivity index (χ0v) is 16.8. The Morgan fingerprint density at radius 3 is 1.09 bits per heavy atom. The first-order valence-electron chi connectivity index (χ1n) is 9.85. The van der Waals surface area contributed by atoms with Gasteiger partial charge < -0.3 is 0 Å². The zero-order chi connectivity index (χ0) is 17.2. The maximum absolute atomic E-state index is 3.83. The van der Waals surface area contributed by atoms with Crippen LogP contribution in [0.2, 0.25) is 0 Å². The van der Waals surface area contributed by atoms with E-state index >= 15 is 0 Å². The lowest BCUT2D eigenvalue weighted by atomic mass is 10.2. The molecule has 0 spiro atoms. The Kier molecular flexibility index (Phi) is 16.3. The second-order valence-corrected chi connectivity index (χ2v) is 11.8. The van der Waals surface area contributed by atoms with Gasteiger partial charge in [-0.1, -0.05) is 18.2 Å². The minimum Gasteiger partial charge on any atom is -0.103 e. The lowest BCUT2D eigenvalue weighted by Crippen LogP contribution is -2.08.